The molecule has 0 bridgehead atoms. The van der Waals surface area contributed by atoms with Crippen molar-refractivity contribution < 1.29 is 9.59 Å². The van der Waals surface area contributed by atoms with Gasteiger partial charge in [-0.3, -0.25) is 14.9 Å². The molecule has 0 spiro atoms. The van der Waals surface area contributed by atoms with E-state index < -0.39 is 11.8 Å². The van der Waals surface area contributed by atoms with Gasteiger partial charge >= 0.3 is 0 Å². The molecule has 0 saturated carbocycles. The average Bonchev–Trinajstić information content (AvgIpc) is 2.46. The fourth-order valence-electron chi connectivity index (χ4n) is 1.29. The van der Waals surface area contributed by atoms with Gasteiger partial charge in [0.2, 0.25) is 0 Å². The molecule has 14 heavy (non-hydrogen) atoms. The summed E-state index contributed by atoms with van der Waals surface area (Å²) in [5.41, 5.74) is 0.901. The Morgan fingerprint density at radius 3 is 2.43 bits per heavy atom. The van der Waals surface area contributed by atoms with E-state index in [0.717, 1.165) is 0 Å². The van der Waals surface area contributed by atoms with Crippen molar-refractivity contribution in [3.05, 3.63) is 40.9 Å². The summed E-state index contributed by atoms with van der Waals surface area (Å²) in [7, 11) is 0. The Balaban J connectivity index is 2.51. The number of carbonyl (C=O) groups is 2. The maximum atomic E-state index is 11.3. The molecule has 0 fully saturated rings. The number of hydrogen-bond acceptors (Lipinski definition) is 2. The number of rotatable bonds is 1. The monoisotopic (exact) mass is 207 g/mol. The van der Waals surface area contributed by atoms with Gasteiger partial charge in [-0.05, 0) is 6.07 Å². The van der Waals surface area contributed by atoms with Crippen LogP contribution in [0.15, 0.2) is 30.3 Å². The fourth-order valence-corrected chi connectivity index (χ4v) is 1.53. The van der Waals surface area contributed by atoms with Crippen LogP contribution < -0.4 is 5.32 Å². The van der Waals surface area contributed by atoms with E-state index in [0.29, 0.717) is 16.2 Å². The Morgan fingerprint density at radius 2 is 1.86 bits per heavy atom. The minimum absolute atomic E-state index is 0.320. The molecule has 1 N–H and O–H groups in total. The zero-order valence-corrected chi connectivity index (χ0v) is 7.84. The lowest BCUT2D eigenvalue weighted by Gasteiger charge is -2.01. The number of carbonyl (C=O) groups excluding carboxylic acids is 2. The number of hydrogen-bond donors (Lipinski definition) is 1. The second-order valence-corrected chi connectivity index (χ2v) is 3.26. The second kappa shape index (κ2) is 3.27. The molecule has 0 radical (unpaired) electrons. The molecule has 1 heterocycles. The van der Waals surface area contributed by atoms with Crippen molar-refractivity contribution in [2.45, 2.75) is 0 Å². The van der Waals surface area contributed by atoms with Crippen molar-refractivity contribution in [2.24, 2.45) is 0 Å². The Morgan fingerprint density at radius 1 is 1.14 bits per heavy atom. The van der Waals surface area contributed by atoms with Crippen molar-refractivity contribution in [1.29, 1.82) is 0 Å². The Hall–Kier alpha value is -1.61. The summed E-state index contributed by atoms with van der Waals surface area (Å²) in [4.78, 5) is 22.2. The predicted octanol–water partition coefficient (Wildman–Crippen LogP) is 1.38. The SMILES string of the molecule is O=C1C=C(c2ccccc2Cl)C(=O)N1. The topological polar surface area (TPSA) is 46.2 Å². The highest BCUT2D eigenvalue weighted by Gasteiger charge is 2.23. The van der Waals surface area contributed by atoms with Crippen LogP contribution in [0.1, 0.15) is 5.56 Å². The number of halogens is 1. The van der Waals surface area contributed by atoms with Crippen molar-refractivity contribution >= 4 is 29.0 Å². The lowest BCUT2D eigenvalue weighted by molar-refractivity contribution is -0.123. The first-order valence-corrected chi connectivity index (χ1v) is 4.38. The summed E-state index contributed by atoms with van der Waals surface area (Å²) >= 11 is 5.89. The molecule has 0 aromatic heterocycles. The normalized spacial score (nSPS) is 15.4. The van der Waals surface area contributed by atoms with Gasteiger partial charge in [0.1, 0.15) is 0 Å². The largest absolute Gasteiger partial charge is 0.289 e. The molecule has 0 aliphatic carbocycles. The van der Waals surface area contributed by atoms with Crippen LogP contribution in [-0.2, 0) is 9.59 Å². The van der Waals surface area contributed by atoms with E-state index in [1.807, 2.05) is 0 Å². The van der Waals surface area contributed by atoms with Crippen LogP contribution in [0.5, 0.6) is 0 Å². The van der Waals surface area contributed by atoms with Gasteiger partial charge in [0.15, 0.2) is 0 Å². The maximum Gasteiger partial charge on any atom is 0.258 e. The zero-order chi connectivity index (χ0) is 10.1. The summed E-state index contributed by atoms with van der Waals surface area (Å²) in [6.45, 7) is 0. The highest BCUT2D eigenvalue weighted by molar-refractivity contribution is 6.39. The van der Waals surface area contributed by atoms with Crippen LogP contribution in [0, 0.1) is 0 Å². The van der Waals surface area contributed by atoms with E-state index in [2.05, 4.69) is 5.32 Å². The molecule has 1 aromatic rings. The minimum atomic E-state index is -0.400. The Kier molecular flexibility index (Phi) is 2.09. The first-order chi connectivity index (χ1) is 6.68. The maximum absolute atomic E-state index is 11.3. The molecular weight excluding hydrogens is 202 g/mol. The smallest absolute Gasteiger partial charge is 0.258 e. The van der Waals surface area contributed by atoms with Gasteiger partial charge in [0, 0.05) is 16.7 Å². The molecule has 1 aliphatic rings. The van der Waals surface area contributed by atoms with E-state index >= 15 is 0 Å². The van der Waals surface area contributed by atoms with Gasteiger partial charge in [-0.25, -0.2) is 0 Å². The molecular formula is C10H6ClNO2. The quantitative estimate of drug-likeness (QED) is 0.708. The lowest BCUT2D eigenvalue weighted by Crippen LogP contribution is -2.21. The van der Waals surface area contributed by atoms with E-state index in [1.165, 1.54) is 6.08 Å². The summed E-state index contributed by atoms with van der Waals surface area (Å²) < 4.78 is 0. The standard InChI is InChI=1S/C10H6ClNO2/c11-8-4-2-1-3-6(8)7-5-9(13)12-10(7)14/h1-5H,(H,12,13,14). The molecule has 2 amide bonds. The summed E-state index contributed by atoms with van der Waals surface area (Å²) in [6.07, 6.45) is 1.25. The molecule has 1 aromatic carbocycles. The van der Waals surface area contributed by atoms with Crippen LogP contribution in [-0.4, -0.2) is 11.8 Å². The summed E-state index contributed by atoms with van der Waals surface area (Å²) in [5.74, 6) is -0.798. The lowest BCUT2D eigenvalue weighted by atomic mass is 10.1. The van der Waals surface area contributed by atoms with Crippen molar-refractivity contribution in [2.75, 3.05) is 0 Å². The molecule has 0 atom stereocenters. The highest BCUT2D eigenvalue weighted by atomic mass is 35.5. The van der Waals surface area contributed by atoms with Crippen LogP contribution >= 0.6 is 11.6 Å². The van der Waals surface area contributed by atoms with Crippen molar-refractivity contribution in [3.8, 4) is 0 Å². The Bertz CT molecular complexity index is 451. The summed E-state index contributed by atoms with van der Waals surface area (Å²) in [5, 5.41) is 2.63. The predicted molar refractivity (Wildman–Crippen MR) is 52.6 cm³/mol. The van der Waals surface area contributed by atoms with Crippen molar-refractivity contribution in [3.63, 3.8) is 0 Å². The highest BCUT2D eigenvalue weighted by Crippen LogP contribution is 2.25. The van der Waals surface area contributed by atoms with Crippen LogP contribution in [0.25, 0.3) is 5.57 Å². The Labute approximate surface area is 85.4 Å². The molecule has 70 valence electrons. The molecule has 1 aliphatic heterocycles. The van der Waals surface area contributed by atoms with Gasteiger partial charge in [0.05, 0.1) is 5.57 Å². The summed E-state index contributed by atoms with van der Waals surface area (Å²) in [6, 6.07) is 6.90. The number of nitrogens with one attached hydrogen (secondary N) is 1. The first-order valence-electron chi connectivity index (χ1n) is 4.00. The second-order valence-electron chi connectivity index (χ2n) is 2.86. The molecule has 2 rings (SSSR count). The average molecular weight is 208 g/mol. The zero-order valence-electron chi connectivity index (χ0n) is 7.08. The van der Waals surface area contributed by atoms with E-state index in [4.69, 9.17) is 11.6 Å². The van der Waals surface area contributed by atoms with E-state index in [-0.39, 0.29) is 0 Å². The molecule has 0 saturated heterocycles. The fraction of sp³-hybridized carbons (Fsp3) is 0. The minimum Gasteiger partial charge on any atom is -0.289 e. The van der Waals surface area contributed by atoms with Crippen molar-refractivity contribution in [1.82, 2.24) is 5.32 Å². The molecule has 3 nitrogen and oxygen atoms in total. The van der Waals surface area contributed by atoms with Crippen LogP contribution in [0.3, 0.4) is 0 Å². The number of imide groups is 1. The third-order valence-corrected chi connectivity index (χ3v) is 2.25. The molecule has 4 heteroatoms. The third kappa shape index (κ3) is 1.42. The van der Waals surface area contributed by atoms with Crippen LogP contribution in [0.2, 0.25) is 5.02 Å². The van der Waals surface area contributed by atoms with E-state index in [1.54, 1.807) is 24.3 Å². The number of benzene rings is 1. The van der Waals surface area contributed by atoms with Crippen LogP contribution in [0.4, 0.5) is 0 Å². The van der Waals surface area contributed by atoms with E-state index in [9.17, 15) is 9.59 Å². The van der Waals surface area contributed by atoms with Gasteiger partial charge in [-0.2, -0.15) is 0 Å². The van der Waals surface area contributed by atoms with Gasteiger partial charge < -0.3 is 0 Å². The third-order valence-electron chi connectivity index (χ3n) is 1.92. The molecule has 0 unspecified atom stereocenters. The van der Waals surface area contributed by atoms with Gasteiger partial charge in [-0.1, -0.05) is 29.8 Å². The first kappa shape index (κ1) is 8.97. The number of amides is 2. The van der Waals surface area contributed by atoms with Gasteiger partial charge in [-0.15, -0.1) is 0 Å². The van der Waals surface area contributed by atoms with Gasteiger partial charge in [0.25, 0.3) is 11.8 Å².